The van der Waals surface area contributed by atoms with Crippen LogP contribution in [0.25, 0.3) is 10.9 Å². The molecule has 0 bridgehead atoms. The number of hydrogen-bond acceptors (Lipinski definition) is 3. The molecule has 0 fully saturated rings. The molecule has 5 heteroatoms. The topological polar surface area (TPSA) is 68.0 Å². The minimum absolute atomic E-state index is 0. The van der Waals surface area contributed by atoms with Gasteiger partial charge in [0.15, 0.2) is 0 Å². The van der Waals surface area contributed by atoms with Crippen LogP contribution in [-0.2, 0) is 0 Å². The second-order valence-electron chi connectivity index (χ2n) is 3.09. The van der Waals surface area contributed by atoms with Crippen molar-refractivity contribution in [2.45, 2.75) is 0 Å². The summed E-state index contributed by atoms with van der Waals surface area (Å²) in [6.07, 6.45) is 1.67. The fraction of sp³-hybridized carbons (Fsp3) is 0.0909. The Labute approximate surface area is 99.3 Å². The first-order valence-corrected chi connectivity index (χ1v) is 4.65. The number of pyridine rings is 1. The highest BCUT2D eigenvalue weighted by molar-refractivity contribution is 6.05. The van der Waals surface area contributed by atoms with Crippen molar-refractivity contribution in [3.05, 3.63) is 42.1 Å². The van der Waals surface area contributed by atoms with Crippen molar-refractivity contribution < 1.29 is 4.79 Å². The Bertz CT molecular complexity index is 496. The van der Waals surface area contributed by atoms with Crippen LogP contribution in [0.15, 0.2) is 36.5 Å². The molecule has 84 valence electrons. The number of fused-ring (bicyclic) bond motifs is 1. The van der Waals surface area contributed by atoms with Gasteiger partial charge < -0.3 is 11.1 Å². The van der Waals surface area contributed by atoms with Crippen molar-refractivity contribution >= 4 is 29.2 Å². The maximum atomic E-state index is 11.6. The molecule has 1 heterocycles. The maximum absolute atomic E-state index is 11.6. The highest BCUT2D eigenvalue weighted by Crippen LogP contribution is 2.15. The van der Waals surface area contributed by atoms with Gasteiger partial charge in [-0.3, -0.25) is 9.78 Å². The molecule has 2 aromatic rings. The van der Waals surface area contributed by atoms with Crippen LogP contribution in [0.4, 0.5) is 0 Å². The molecule has 1 amide bonds. The number of carbonyl (C=O) groups is 1. The van der Waals surface area contributed by atoms with E-state index in [1.165, 1.54) is 0 Å². The lowest BCUT2D eigenvalue weighted by molar-refractivity contribution is 0.0956. The zero-order valence-electron chi connectivity index (χ0n) is 8.51. The van der Waals surface area contributed by atoms with E-state index >= 15 is 0 Å². The Morgan fingerprint density at radius 2 is 2.06 bits per heavy atom. The van der Waals surface area contributed by atoms with Gasteiger partial charge in [0.2, 0.25) is 0 Å². The van der Waals surface area contributed by atoms with E-state index in [1.54, 1.807) is 12.3 Å². The highest BCUT2D eigenvalue weighted by atomic mass is 35.5. The van der Waals surface area contributed by atoms with E-state index < -0.39 is 0 Å². The molecule has 1 aromatic heterocycles. The number of halogens is 1. The summed E-state index contributed by atoms with van der Waals surface area (Å²) >= 11 is 0. The van der Waals surface area contributed by atoms with Gasteiger partial charge in [0.05, 0.1) is 17.7 Å². The van der Waals surface area contributed by atoms with Crippen LogP contribution in [0.1, 0.15) is 10.4 Å². The van der Waals surface area contributed by atoms with Gasteiger partial charge in [-0.15, -0.1) is 12.4 Å². The summed E-state index contributed by atoms with van der Waals surface area (Å²) in [6, 6.07) is 9.24. The van der Waals surface area contributed by atoms with Crippen molar-refractivity contribution in [1.82, 2.24) is 10.3 Å². The Balaban J connectivity index is 0.00000128. The maximum Gasteiger partial charge on any atom is 0.254 e. The van der Waals surface area contributed by atoms with Crippen LogP contribution in [-0.4, -0.2) is 17.6 Å². The third kappa shape index (κ3) is 2.29. The SMILES string of the molecule is Cl.NCNC(=O)c1cccc2cccnc12. The van der Waals surface area contributed by atoms with E-state index in [9.17, 15) is 4.79 Å². The summed E-state index contributed by atoms with van der Waals surface area (Å²) < 4.78 is 0. The zero-order chi connectivity index (χ0) is 10.7. The first-order chi connectivity index (χ1) is 7.33. The van der Waals surface area contributed by atoms with Crippen molar-refractivity contribution in [3.63, 3.8) is 0 Å². The Morgan fingerprint density at radius 3 is 2.81 bits per heavy atom. The summed E-state index contributed by atoms with van der Waals surface area (Å²) in [7, 11) is 0. The second kappa shape index (κ2) is 5.44. The van der Waals surface area contributed by atoms with Gasteiger partial charge in [0.25, 0.3) is 5.91 Å². The molecule has 0 atom stereocenters. The first kappa shape index (κ1) is 12.4. The summed E-state index contributed by atoms with van der Waals surface area (Å²) in [5, 5.41) is 3.50. The van der Waals surface area contributed by atoms with Crippen molar-refractivity contribution in [1.29, 1.82) is 0 Å². The van der Waals surface area contributed by atoms with E-state index in [-0.39, 0.29) is 25.0 Å². The van der Waals surface area contributed by atoms with Crippen molar-refractivity contribution in [2.75, 3.05) is 6.67 Å². The second-order valence-corrected chi connectivity index (χ2v) is 3.09. The third-order valence-electron chi connectivity index (χ3n) is 2.14. The minimum atomic E-state index is -0.193. The number of hydrogen-bond donors (Lipinski definition) is 2. The molecule has 0 radical (unpaired) electrons. The molecule has 2 rings (SSSR count). The molecule has 0 unspecified atom stereocenters. The highest BCUT2D eigenvalue weighted by Gasteiger charge is 2.08. The molecule has 0 aliphatic heterocycles. The van der Waals surface area contributed by atoms with Gasteiger partial charge in [0, 0.05) is 11.6 Å². The molecule has 0 aliphatic rings. The van der Waals surface area contributed by atoms with E-state index in [2.05, 4.69) is 10.3 Å². The van der Waals surface area contributed by atoms with Gasteiger partial charge in [-0.05, 0) is 12.1 Å². The number of amides is 1. The van der Waals surface area contributed by atoms with Gasteiger partial charge in [0.1, 0.15) is 0 Å². The lowest BCUT2D eigenvalue weighted by Crippen LogP contribution is -2.29. The molecule has 4 nitrogen and oxygen atoms in total. The molecular weight excluding hydrogens is 226 g/mol. The van der Waals surface area contributed by atoms with Crippen molar-refractivity contribution in [3.8, 4) is 0 Å². The van der Waals surface area contributed by atoms with E-state index in [4.69, 9.17) is 5.73 Å². The Kier molecular flexibility index (Phi) is 4.22. The molecule has 16 heavy (non-hydrogen) atoms. The van der Waals surface area contributed by atoms with E-state index in [0.29, 0.717) is 11.1 Å². The predicted molar refractivity (Wildman–Crippen MR) is 65.5 cm³/mol. The molecular formula is C11H12ClN3O. The number of nitrogens with zero attached hydrogens (tertiary/aromatic N) is 1. The smallest absolute Gasteiger partial charge is 0.254 e. The van der Waals surface area contributed by atoms with Gasteiger partial charge >= 0.3 is 0 Å². The quantitative estimate of drug-likeness (QED) is 0.774. The van der Waals surface area contributed by atoms with Crippen molar-refractivity contribution in [2.24, 2.45) is 5.73 Å². The fourth-order valence-corrected chi connectivity index (χ4v) is 1.48. The molecule has 3 N–H and O–H groups in total. The molecule has 0 saturated heterocycles. The van der Waals surface area contributed by atoms with E-state index in [1.807, 2.05) is 24.3 Å². The average Bonchev–Trinajstić information content (AvgIpc) is 2.28. The molecule has 0 saturated carbocycles. The van der Waals surface area contributed by atoms with Crippen LogP contribution >= 0.6 is 12.4 Å². The Hall–Kier alpha value is -1.65. The fourth-order valence-electron chi connectivity index (χ4n) is 1.48. The van der Waals surface area contributed by atoms with Gasteiger partial charge in [-0.25, -0.2) is 0 Å². The normalized spacial score (nSPS) is 9.56. The van der Waals surface area contributed by atoms with Crippen LogP contribution in [0.5, 0.6) is 0 Å². The summed E-state index contributed by atoms with van der Waals surface area (Å²) in [5.41, 5.74) is 6.51. The van der Waals surface area contributed by atoms with Gasteiger partial charge in [-0.2, -0.15) is 0 Å². The Morgan fingerprint density at radius 1 is 1.31 bits per heavy atom. The number of nitrogens with two attached hydrogens (primary N) is 1. The lowest BCUT2D eigenvalue weighted by atomic mass is 10.1. The number of rotatable bonds is 2. The summed E-state index contributed by atoms with van der Waals surface area (Å²) in [4.78, 5) is 15.8. The van der Waals surface area contributed by atoms with E-state index in [0.717, 1.165) is 5.39 Å². The number of carbonyl (C=O) groups excluding carboxylic acids is 1. The molecule has 0 aliphatic carbocycles. The lowest BCUT2D eigenvalue weighted by Gasteiger charge is -2.04. The molecule has 0 spiro atoms. The third-order valence-corrected chi connectivity index (χ3v) is 2.14. The average molecular weight is 238 g/mol. The largest absolute Gasteiger partial charge is 0.340 e. The summed E-state index contributed by atoms with van der Waals surface area (Å²) in [6.45, 7) is 0.127. The summed E-state index contributed by atoms with van der Waals surface area (Å²) in [5.74, 6) is -0.193. The van der Waals surface area contributed by atoms with Crippen LogP contribution in [0.3, 0.4) is 0 Å². The molecule has 1 aromatic carbocycles. The number of benzene rings is 1. The van der Waals surface area contributed by atoms with Crippen LogP contribution < -0.4 is 11.1 Å². The number of aromatic nitrogens is 1. The minimum Gasteiger partial charge on any atom is -0.340 e. The number of para-hydroxylation sites is 1. The zero-order valence-corrected chi connectivity index (χ0v) is 9.33. The standard InChI is InChI=1S/C11H11N3O.ClH/c12-7-14-11(15)9-5-1-3-8-4-2-6-13-10(8)9;/h1-6H,7,12H2,(H,14,15);1H. The van der Waals surface area contributed by atoms with Crippen LogP contribution in [0.2, 0.25) is 0 Å². The van der Waals surface area contributed by atoms with Gasteiger partial charge in [-0.1, -0.05) is 18.2 Å². The first-order valence-electron chi connectivity index (χ1n) is 4.65. The monoisotopic (exact) mass is 237 g/mol. The van der Waals surface area contributed by atoms with Crippen LogP contribution in [0, 0.1) is 0 Å². The number of nitrogens with one attached hydrogen (secondary N) is 1. The predicted octanol–water partition coefficient (Wildman–Crippen LogP) is 1.30.